The van der Waals surface area contributed by atoms with Gasteiger partial charge in [-0.2, -0.15) is 0 Å². The zero-order valence-electron chi connectivity index (χ0n) is 8.75. The summed E-state index contributed by atoms with van der Waals surface area (Å²) in [7, 11) is 2.72. The standard InChI is InChI=1S/C11H13FO3/c1-14-9-5-3-4-8(11(9)12)6-7-10(13)15-2/h3-5H,6-7H2,1-2H3. The van der Waals surface area contributed by atoms with Gasteiger partial charge >= 0.3 is 5.97 Å². The van der Waals surface area contributed by atoms with Crippen LogP contribution in [0, 0.1) is 5.82 Å². The van der Waals surface area contributed by atoms with E-state index >= 15 is 0 Å². The number of hydrogen-bond acceptors (Lipinski definition) is 3. The van der Waals surface area contributed by atoms with Gasteiger partial charge in [0, 0.05) is 6.42 Å². The maximum atomic E-state index is 13.6. The van der Waals surface area contributed by atoms with Gasteiger partial charge in [0.2, 0.25) is 0 Å². The Morgan fingerprint density at radius 2 is 2.13 bits per heavy atom. The summed E-state index contributed by atoms with van der Waals surface area (Å²) in [5.41, 5.74) is 0.458. The number of carbonyl (C=O) groups excluding carboxylic acids is 1. The van der Waals surface area contributed by atoms with Crippen LogP contribution in [0.3, 0.4) is 0 Å². The van der Waals surface area contributed by atoms with Crippen LogP contribution >= 0.6 is 0 Å². The molecule has 0 radical (unpaired) electrons. The number of esters is 1. The molecule has 4 heteroatoms. The molecule has 15 heavy (non-hydrogen) atoms. The number of carbonyl (C=O) groups is 1. The van der Waals surface area contributed by atoms with Crippen molar-refractivity contribution >= 4 is 5.97 Å². The average Bonchev–Trinajstić information content (AvgIpc) is 2.27. The Balaban J connectivity index is 2.73. The molecular formula is C11H13FO3. The van der Waals surface area contributed by atoms with E-state index in [1.165, 1.54) is 20.3 Å². The molecule has 1 aromatic rings. The van der Waals surface area contributed by atoms with Crippen LogP contribution in [0.25, 0.3) is 0 Å². The predicted molar refractivity (Wildman–Crippen MR) is 53.3 cm³/mol. The van der Waals surface area contributed by atoms with E-state index in [4.69, 9.17) is 4.74 Å². The van der Waals surface area contributed by atoms with Crippen molar-refractivity contribution in [3.8, 4) is 5.75 Å². The van der Waals surface area contributed by atoms with Crippen molar-refractivity contribution in [2.24, 2.45) is 0 Å². The summed E-state index contributed by atoms with van der Waals surface area (Å²) >= 11 is 0. The highest BCUT2D eigenvalue weighted by Gasteiger charge is 2.09. The van der Waals surface area contributed by atoms with Crippen molar-refractivity contribution < 1.29 is 18.7 Å². The highest BCUT2D eigenvalue weighted by atomic mass is 19.1. The van der Waals surface area contributed by atoms with Crippen LogP contribution in [0.15, 0.2) is 18.2 Å². The molecule has 0 aliphatic carbocycles. The van der Waals surface area contributed by atoms with Gasteiger partial charge in [-0.05, 0) is 18.1 Å². The first-order valence-electron chi connectivity index (χ1n) is 4.57. The molecule has 0 unspecified atom stereocenters. The van der Waals surface area contributed by atoms with Crippen molar-refractivity contribution in [2.45, 2.75) is 12.8 Å². The van der Waals surface area contributed by atoms with Gasteiger partial charge < -0.3 is 9.47 Å². The van der Waals surface area contributed by atoms with Gasteiger partial charge in [0.25, 0.3) is 0 Å². The average molecular weight is 212 g/mol. The number of hydrogen-bond donors (Lipinski definition) is 0. The van der Waals surface area contributed by atoms with Crippen LogP contribution in [-0.4, -0.2) is 20.2 Å². The fraction of sp³-hybridized carbons (Fsp3) is 0.364. The Labute approximate surface area is 87.8 Å². The lowest BCUT2D eigenvalue weighted by Crippen LogP contribution is -2.03. The summed E-state index contributed by atoms with van der Waals surface area (Å²) in [5.74, 6) is -0.571. The van der Waals surface area contributed by atoms with Crippen molar-refractivity contribution in [3.05, 3.63) is 29.6 Å². The van der Waals surface area contributed by atoms with E-state index in [2.05, 4.69) is 4.74 Å². The Kier molecular flexibility index (Phi) is 4.09. The Bertz CT molecular complexity index is 350. The Morgan fingerprint density at radius 1 is 1.40 bits per heavy atom. The summed E-state index contributed by atoms with van der Waals surface area (Å²) in [5, 5.41) is 0. The fourth-order valence-electron chi connectivity index (χ4n) is 1.25. The maximum Gasteiger partial charge on any atom is 0.305 e. The second kappa shape index (κ2) is 5.34. The third kappa shape index (κ3) is 2.94. The van der Waals surface area contributed by atoms with E-state index in [9.17, 15) is 9.18 Å². The van der Waals surface area contributed by atoms with Crippen LogP contribution in [-0.2, 0) is 16.0 Å². The summed E-state index contributed by atoms with van der Waals surface area (Å²) in [4.78, 5) is 10.9. The van der Waals surface area contributed by atoms with E-state index in [0.29, 0.717) is 12.0 Å². The normalized spacial score (nSPS) is 9.80. The smallest absolute Gasteiger partial charge is 0.305 e. The molecule has 0 saturated heterocycles. The third-order valence-corrected chi connectivity index (χ3v) is 2.09. The van der Waals surface area contributed by atoms with Crippen molar-refractivity contribution in [3.63, 3.8) is 0 Å². The third-order valence-electron chi connectivity index (χ3n) is 2.09. The minimum atomic E-state index is -0.413. The first-order chi connectivity index (χ1) is 7.19. The van der Waals surface area contributed by atoms with Gasteiger partial charge in [-0.1, -0.05) is 12.1 Å². The number of ether oxygens (including phenoxy) is 2. The number of rotatable bonds is 4. The monoisotopic (exact) mass is 212 g/mol. The maximum absolute atomic E-state index is 13.6. The topological polar surface area (TPSA) is 35.5 Å². The lowest BCUT2D eigenvalue weighted by molar-refractivity contribution is -0.140. The molecular weight excluding hydrogens is 199 g/mol. The Morgan fingerprint density at radius 3 is 2.73 bits per heavy atom. The largest absolute Gasteiger partial charge is 0.494 e. The quantitative estimate of drug-likeness (QED) is 0.715. The first kappa shape index (κ1) is 11.5. The van der Waals surface area contributed by atoms with Gasteiger partial charge in [0.1, 0.15) is 0 Å². The number of aryl methyl sites for hydroxylation is 1. The molecule has 0 amide bonds. The molecule has 0 N–H and O–H groups in total. The number of benzene rings is 1. The molecule has 1 aromatic carbocycles. The summed E-state index contributed by atoms with van der Waals surface area (Å²) in [6.45, 7) is 0. The van der Waals surface area contributed by atoms with Crippen molar-refractivity contribution in [2.75, 3.05) is 14.2 Å². The fourth-order valence-corrected chi connectivity index (χ4v) is 1.25. The molecule has 0 saturated carbocycles. The van der Waals surface area contributed by atoms with Crippen molar-refractivity contribution in [1.82, 2.24) is 0 Å². The predicted octanol–water partition coefficient (Wildman–Crippen LogP) is 1.94. The van der Waals surface area contributed by atoms with Crippen LogP contribution in [0.4, 0.5) is 4.39 Å². The van der Waals surface area contributed by atoms with Crippen LogP contribution in [0.1, 0.15) is 12.0 Å². The molecule has 0 aliphatic heterocycles. The van der Waals surface area contributed by atoms with Crippen LogP contribution < -0.4 is 4.74 Å². The van der Waals surface area contributed by atoms with E-state index < -0.39 is 5.82 Å². The minimum absolute atomic E-state index is 0.167. The molecule has 0 spiro atoms. The molecule has 0 aromatic heterocycles. The van der Waals surface area contributed by atoms with Gasteiger partial charge in [0.05, 0.1) is 14.2 Å². The highest BCUT2D eigenvalue weighted by molar-refractivity contribution is 5.69. The van der Waals surface area contributed by atoms with Gasteiger partial charge in [-0.3, -0.25) is 4.79 Å². The second-order valence-electron chi connectivity index (χ2n) is 3.01. The summed E-state index contributed by atoms with van der Waals surface area (Å²) < 4.78 is 22.9. The molecule has 0 aliphatic rings. The van der Waals surface area contributed by atoms with E-state index in [1.54, 1.807) is 12.1 Å². The minimum Gasteiger partial charge on any atom is -0.494 e. The molecule has 0 bridgehead atoms. The van der Waals surface area contributed by atoms with E-state index in [1.807, 2.05) is 0 Å². The molecule has 0 fully saturated rings. The summed E-state index contributed by atoms with van der Waals surface area (Å²) in [6.07, 6.45) is 0.482. The highest BCUT2D eigenvalue weighted by Crippen LogP contribution is 2.20. The van der Waals surface area contributed by atoms with Gasteiger partial charge in [-0.15, -0.1) is 0 Å². The second-order valence-corrected chi connectivity index (χ2v) is 3.01. The molecule has 1 rings (SSSR count). The van der Waals surface area contributed by atoms with Gasteiger partial charge in [0.15, 0.2) is 11.6 Å². The molecule has 0 heterocycles. The Hall–Kier alpha value is -1.58. The number of halogens is 1. The number of methoxy groups -OCH3 is 2. The molecule has 82 valence electrons. The molecule has 3 nitrogen and oxygen atoms in total. The van der Waals surface area contributed by atoms with Crippen LogP contribution in [0.2, 0.25) is 0 Å². The summed E-state index contributed by atoms with van der Waals surface area (Å²) in [6, 6.07) is 4.85. The van der Waals surface area contributed by atoms with Gasteiger partial charge in [-0.25, -0.2) is 4.39 Å². The lowest BCUT2D eigenvalue weighted by atomic mass is 10.1. The first-order valence-corrected chi connectivity index (χ1v) is 4.57. The van der Waals surface area contributed by atoms with Crippen LogP contribution in [0.5, 0.6) is 5.75 Å². The lowest BCUT2D eigenvalue weighted by Gasteiger charge is -2.06. The van der Waals surface area contributed by atoms with Crippen molar-refractivity contribution in [1.29, 1.82) is 0 Å². The zero-order chi connectivity index (χ0) is 11.3. The van der Waals surface area contributed by atoms with E-state index in [0.717, 1.165) is 0 Å². The SMILES string of the molecule is COC(=O)CCc1cccc(OC)c1F. The molecule has 0 atom stereocenters. The van der Waals surface area contributed by atoms with E-state index in [-0.39, 0.29) is 18.1 Å². The zero-order valence-corrected chi connectivity index (χ0v) is 8.75.